The number of carbonyl (C=O) groups is 1. The molecular formula is C14H19BrO2. The van der Waals surface area contributed by atoms with Gasteiger partial charge in [0.1, 0.15) is 5.78 Å². The molecule has 0 heterocycles. The molecule has 2 nitrogen and oxygen atoms in total. The van der Waals surface area contributed by atoms with Crippen molar-refractivity contribution in [2.45, 2.75) is 25.7 Å². The standard InChI is InChI=1S/C14H19BrO2/c15-12-14(16)8-4-5-10-17-11-9-13-6-2-1-3-7-13/h1-3,6-7H,4-5,8-12H2. The van der Waals surface area contributed by atoms with E-state index < -0.39 is 0 Å². The zero-order valence-electron chi connectivity index (χ0n) is 10.0. The number of ether oxygens (including phenoxy) is 1. The Morgan fingerprint density at radius 1 is 1.12 bits per heavy atom. The first-order valence-electron chi connectivity index (χ1n) is 6.02. The first-order chi connectivity index (χ1) is 8.33. The summed E-state index contributed by atoms with van der Waals surface area (Å²) in [6, 6.07) is 10.3. The topological polar surface area (TPSA) is 26.3 Å². The number of hydrogen-bond donors (Lipinski definition) is 0. The molecule has 0 atom stereocenters. The summed E-state index contributed by atoms with van der Waals surface area (Å²) >= 11 is 3.15. The minimum absolute atomic E-state index is 0.272. The van der Waals surface area contributed by atoms with Crippen LogP contribution >= 0.6 is 15.9 Å². The van der Waals surface area contributed by atoms with Crippen molar-refractivity contribution < 1.29 is 9.53 Å². The van der Waals surface area contributed by atoms with Gasteiger partial charge in [-0.3, -0.25) is 4.79 Å². The summed E-state index contributed by atoms with van der Waals surface area (Å²) in [7, 11) is 0. The molecule has 0 saturated heterocycles. The minimum Gasteiger partial charge on any atom is -0.381 e. The predicted octanol–water partition coefficient (Wildman–Crippen LogP) is 3.38. The van der Waals surface area contributed by atoms with Crippen molar-refractivity contribution in [3.05, 3.63) is 35.9 Å². The third-order valence-corrected chi connectivity index (χ3v) is 3.15. The van der Waals surface area contributed by atoms with Gasteiger partial charge in [0.05, 0.1) is 11.9 Å². The number of hydrogen-bond acceptors (Lipinski definition) is 2. The summed E-state index contributed by atoms with van der Waals surface area (Å²) in [5.41, 5.74) is 1.31. The highest BCUT2D eigenvalue weighted by molar-refractivity contribution is 9.09. The van der Waals surface area contributed by atoms with Gasteiger partial charge < -0.3 is 4.74 Å². The second-order valence-electron chi connectivity index (χ2n) is 3.98. The Kier molecular flexibility index (Phi) is 7.93. The fourth-order valence-corrected chi connectivity index (χ4v) is 1.81. The lowest BCUT2D eigenvalue weighted by molar-refractivity contribution is -0.116. The molecule has 0 spiro atoms. The van der Waals surface area contributed by atoms with Crippen LogP contribution in [0.3, 0.4) is 0 Å². The van der Waals surface area contributed by atoms with E-state index in [0.29, 0.717) is 11.8 Å². The van der Waals surface area contributed by atoms with E-state index in [4.69, 9.17) is 4.74 Å². The Bertz CT molecular complexity index is 311. The SMILES string of the molecule is O=C(CBr)CCCCOCCc1ccccc1. The van der Waals surface area contributed by atoms with Gasteiger partial charge in [0.25, 0.3) is 0 Å². The monoisotopic (exact) mass is 298 g/mol. The average Bonchev–Trinajstić information content (AvgIpc) is 2.38. The van der Waals surface area contributed by atoms with Crippen LogP contribution in [0.5, 0.6) is 0 Å². The average molecular weight is 299 g/mol. The van der Waals surface area contributed by atoms with Crippen LogP contribution in [-0.4, -0.2) is 24.3 Å². The van der Waals surface area contributed by atoms with Crippen LogP contribution in [-0.2, 0) is 16.0 Å². The van der Waals surface area contributed by atoms with E-state index in [0.717, 1.165) is 32.5 Å². The molecule has 0 aliphatic rings. The van der Waals surface area contributed by atoms with Crippen LogP contribution in [0.1, 0.15) is 24.8 Å². The molecule has 17 heavy (non-hydrogen) atoms. The number of rotatable bonds is 9. The Morgan fingerprint density at radius 3 is 2.59 bits per heavy atom. The molecular weight excluding hydrogens is 280 g/mol. The van der Waals surface area contributed by atoms with Crippen LogP contribution in [0, 0.1) is 0 Å². The first-order valence-corrected chi connectivity index (χ1v) is 7.14. The number of unbranched alkanes of at least 4 members (excludes halogenated alkanes) is 1. The highest BCUT2D eigenvalue weighted by Crippen LogP contribution is 2.02. The van der Waals surface area contributed by atoms with E-state index in [1.807, 2.05) is 18.2 Å². The zero-order valence-corrected chi connectivity index (χ0v) is 11.6. The molecule has 94 valence electrons. The van der Waals surface area contributed by atoms with E-state index in [2.05, 4.69) is 28.1 Å². The highest BCUT2D eigenvalue weighted by atomic mass is 79.9. The predicted molar refractivity (Wildman–Crippen MR) is 73.6 cm³/mol. The van der Waals surface area contributed by atoms with Crippen molar-refractivity contribution in [2.75, 3.05) is 18.5 Å². The Morgan fingerprint density at radius 2 is 1.88 bits per heavy atom. The summed E-state index contributed by atoms with van der Waals surface area (Å²) in [5.74, 6) is 0.272. The van der Waals surface area contributed by atoms with Gasteiger partial charge in [-0.2, -0.15) is 0 Å². The number of ketones is 1. The molecule has 0 aromatic heterocycles. The van der Waals surface area contributed by atoms with Crippen LogP contribution in [0.25, 0.3) is 0 Å². The second kappa shape index (κ2) is 9.37. The third-order valence-electron chi connectivity index (χ3n) is 2.52. The Labute approximate surface area is 111 Å². The number of halogens is 1. The summed E-state index contributed by atoms with van der Waals surface area (Å²) in [6.07, 6.45) is 3.51. The summed E-state index contributed by atoms with van der Waals surface area (Å²) in [5, 5.41) is 0.474. The fourth-order valence-electron chi connectivity index (χ4n) is 1.53. The van der Waals surface area contributed by atoms with Crippen LogP contribution in [0.2, 0.25) is 0 Å². The normalized spacial score (nSPS) is 10.4. The molecule has 1 aromatic rings. The summed E-state index contributed by atoms with van der Waals surface area (Å²) < 4.78 is 5.53. The van der Waals surface area contributed by atoms with Gasteiger partial charge in [-0.05, 0) is 24.8 Å². The maximum absolute atomic E-state index is 11.0. The van der Waals surface area contributed by atoms with E-state index in [-0.39, 0.29) is 5.78 Å². The van der Waals surface area contributed by atoms with Gasteiger partial charge in [-0.15, -0.1) is 0 Å². The zero-order chi connectivity index (χ0) is 12.3. The first kappa shape index (κ1) is 14.4. The Balaban J connectivity index is 1.93. The second-order valence-corrected chi connectivity index (χ2v) is 4.54. The molecule has 0 N–H and O–H groups in total. The van der Waals surface area contributed by atoms with Crippen molar-refractivity contribution in [2.24, 2.45) is 0 Å². The molecule has 0 radical (unpaired) electrons. The molecule has 0 amide bonds. The van der Waals surface area contributed by atoms with Crippen LogP contribution in [0.4, 0.5) is 0 Å². The highest BCUT2D eigenvalue weighted by Gasteiger charge is 1.98. The van der Waals surface area contributed by atoms with Crippen molar-refractivity contribution >= 4 is 21.7 Å². The lowest BCUT2D eigenvalue weighted by Crippen LogP contribution is -2.02. The van der Waals surface area contributed by atoms with Gasteiger partial charge in [0.15, 0.2) is 0 Å². The lowest BCUT2D eigenvalue weighted by atomic mass is 10.2. The summed E-state index contributed by atoms with van der Waals surface area (Å²) in [6.45, 7) is 1.51. The molecule has 0 aliphatic carbocycles. The number of carbonyl (C=O) groups excluding carboxylic acids is 1. The molecule has 1 rings (SSSR count). The van der Waals surface area contributed by atoms with Gasteiger partial charge in [0.2, 0.25) is 0 Å². The number of alkyl halides is 1. The van der Waals surface area contributed by atoms with Gasteiger partial charge in [0, 0.05) is 13.0 Å². The Hall–Kier alpha value is -0.670. The summed E-state index contributed by atoms with van der Waals surface area (Å²) in [4.78, 5) is 11.0. The van der Waals surface area contributed by atoms with Crippen molar-refractivity contribution in [3.63, 3.8) is 0 Å². The van der Waals surface area contributed by atoms with E-state index in [1.165, 1.54) is 5.56 Å². The quantitative estimate of drug-likeness (QED) is 0.516. The van der Waals surface area contributed by atoms with E-state index in [1.54, 1.807) is 0 Å². The molecule has 3 heteroatoms. The maximum atomic E-state index is 11.0. The minimum atomic E-state index is 0.272. The van der Waals surface area contributed by atoms with Crippen molar-refractivity contribution in [1.82, 2.24) is 0 Å². The maximum Gasteiger partial charge on any atom is 0.143 e. The molecule has 1 aromatic carbocycles. The smallest absolute Gasteiger partial charge is 0.143 e. The third kappa shape index (κ3) is 7.29. The van der Waals surface area contributed by atoms with Gasteiger partial charge >= 0.3 is 0 Å². The molecule has 0 aliphatic heterocycles. The lowest BCUT2D eigenvalue weighted by Gasteiger charge is -2.04. The van der Waals surface area contributed by atoms with Crippen molar-refractivity contribution in [1.29, 1.82) is 0 Å². The van der Waals surface area contributed by atoms with E-state index >= 15 is 0 Å². The molecule has 0 bridgehead atoms. The van der Waals surface area contributed by atoms with Gasteiger partial charge in [-0.25, -0.2) is 0 Å². The number of benzene rings is 1. The van der Waals surface area contributed by atoms with Crippen molar-refractivity contribution in [3.8, 4) is 0 Å². The molecule has 0 fully saturated rings. The fraction of sp³-hybridized carbons (Fsp3) is 0.500. The number of Topliss-reactive ketones (excluding diaryl/α,β-unsaturated/α-hetero) is 1. The molecule has 0 saturated carbocycles. The largest absolute Gasteiger partial charge is 0.381 e. The van der Waals surface area contributed by atoms with Gasteiger partial charge in [-0.1, -0.05) is 46.3 Å². The van der Waals surface area contributed by atoms with E-state index in [9.17, 15) is 4.79 Å². The molecule has 0 unspecified atom stereocenters. The van der Waals surface area contributed by atoms with Crippen LogP contribution in [0.15, 0.2) is 30.3 Å². The van der Waals surface area contributed by atoms with Crippen LogP contribution < -0.4 is 0 Å².